The van der Waals surface area contributed by atoms with E-state index >= 15 is 0 Å². The molecule has 1 aromatic carbocycles. The summed E-state index contributed by atoms with van der Waals surface area (Å²) in [5.74, 6) is 0.833. The van der Waals surface area contributed by atoms with Gasteiger partial charge in [-0.1, -0.05) is 39.8 Å². The predicted molar refractivity (Wildman–Crippen MR) is 144 cm³/mol. The second-order valence-electron chi connectivity index (χ2n) is 13.6. The van der Waals surface area contributed by atoms with Gasteiger partial charge in [0.25, 0.3) is 0 Å². The number of allylic oxidation sites excluding steroid dienone is 1. The van der Waals surface area contributed by atoms with E-state index in [0.717, 1.165) is 32.1 Å². The summed E-state index contributed by atoms with van der Waals surface area (Å²) in [5.41, 5.74) is 5.44. The van der Waals surface area contributed by atoms with Crippen molar-refractivity contribution in [2.75, 3.05) is 0 Å². The van der Waals surface area contributed by atoms with Crippen LogP contribution >= 0.6 is 0 Å². The van der Waals surface area contributed by atoms with E-state index in [2.05, 4.69) is 57.5 Å². The van der Waals surface area contributed by atoms with Gasteiger partial charge in [0, 0.05) is 27.4 Å². The topological polar surface area (TPSA) is 62.3 Å². The molecule has 1 aromatic heterocycles. The molecular formula is C32H41NO3. The van der Waals surface area contributed by atoms with E-state index in [0.29, 0.717) is 11.8 Å². The molecule has 4 aliphatic rings. The van der Waals surface area contributed by atoms with Crippen LogP contribution in [0.1, 0.15) is 84.0 Å². The highest BCUT2D eigenvalue weighted by atomic mass is 16.5. The molecule has 0 amide bonds. The highest BCUT2D eigenvalue weighted by Crippen LogP contribution is 2.67. The van der Waals surface area contributed by atoms with E-state index in [-0.39, 0.29) is 28.1 Å². The SMILES string of the molecule is C=CC(C)(C)c1ccc2[nH]c3c(c2c1)C[C@@H]1CC[C@H]2C4=CC(=O)[C@@H](C(C)(C)O)O[C@H]4CC[C@]2(C)[C@@]31C. The minimum absolute atomic E-state index is 0.0142. The fourth-order valence-corrected chi connectivity index (χ4v) is 8.38. The van der Waals surface area contributed by atoms with Gasteiger partial charge in [0.2, 0.25) is 0 Å². The molecule has 0 spiro atoms. The van der Waals surface area contributed by atoms with Crippen LogP contribution in [0.4, 0.5) is 0 Å². The Labute approximate surface area is 215 Å². The molecular weight excluding hydrogens is 446 g/mol. The number of nitrogens with one attached hydrogen (secondary N) is 1. The van der Waals surface area contributed by atoms with Crippen LogP contribution < -0.4 is 0 Å². The summed E-state index contributed by atoms with van der Waals surface area (Å²) in [4.78, 5) is 17.0. The highest BCUT2D eigenvalue weighted by Gasteiger charge is 2.64. The lowest BCUT2D eigenvalue weighted by Gasteiger charge is -2.60. The summed E-state index contributed by atoms with van der Waals surface area (Å²) in [7, 11) is 0. The zero-order chi connectivity index (χ0) is 25.8. The third-order valence-corrected chi connectivity index (χ3v) is 10.9. The Morgan fingerprint density at radius 2 is 1.92 bits per heavy atom. The highest BCUT2D eigenvalue weighted by molar-refractivity contribution is 5.96. The van der Waals surface area contributed by atoms with Gasteiger partial charge in [0.1, 0.15) is 6.10 Å². The van der Waals surface area contributed by atoms with E-state index in [1.54, 1.807) is 13.8 Å². The van der Waals surface area contributed by atoms with Crippen molar-refractivity contribution >= 4 is 16.7 Å². The number of ether oxygens (including phenoxy) is 1. The molecule has 0 radical (unpaired) electrons. The third-order valence-electron chi connectivity index (χ3n) is 10.9. The number of benzene rings is 1. The second kappa shape index (κ2) is 7.45. The molecule has 2 fully saturated rings. The minimum atomic E-state index is -1.17. The molecule has 3 aliphatic carbocycles. The van der Waals surface area contributed by atoms with E-state index in [4.69, 9.17) is 4.74 Å². The number of ketones is 1. The first kappa shape index (κ1) is 24.2. The van der Waals surface area contributed by atoms with Gasteiger partial charge >= 0.3 is 0 Å². The molecule has 0 bridgehead atoms. The van der Waals surface area contributed by atoms with Crippen LogP contribution in [0, 0.1) is 17.3 Å². The molecule has 4 nitrogen and oxygen atoms in total. The molecule has 2 heterocycles. The second-order valence-corrected chi connectivity index (χ2v) is 13.6. The average molecular weight is 488 g/mol. The largest absolute Gasteiger partial charge is 0.387 e. The maximum Gasteiger partial charge on any atom is 0.187 e. The van der Waals surface area contributed by atoms with Crippen molar-refractivity contribution in [3.63, 3.8) is 0 Å². The summed E-state index contributed by atoms with van der Waals surface area (Å²) in [6.45, 7) is 16.8. The Morgan fingerprint density at radius 1 is 1.17 bits per heavy atom. The van der Waals surface area contributed by atoms with Crippen molar-refractivity contribution in [3.8, 4) is 0 Å². The molecule has 2 N–H and O–H groups in total. The van der Waals surface area contributed by atoms with Crippen LogP contribution in [0.5, 0.6) is 0 Å². The molecule has 1 aliphatic heterocycles. The number of aliphatic hydroxyl groups is 1. The Kier molecular flexibility index (Phi) is 5.00. The molecule has 6 atom stereocenters. The Hall–Kier alpha value is -2.17. The van der Waals surface area contributed by atoms with E-state index in [1.807, 2.05) is 12.2 Å². The summed E-state index contributed by atoms with van der Waals surface area (Å²) in [6, 6.07) is 6.87. The quantitative estimate of drug-likeness (QED) is 0.499. The third kappa shape index (κ3) is 3.04. The van der Waals surface area contributed by atoms with Crippen LogP contribution in [0.2, 0.25) is 0 Å². The zero-order valence-corrected chi connectivity index (χ0v) is 22.7. The summed E-state index contributed by atoms with van der Waals surface area (Å²) in [6.07, 6.45) is 8.38. The van der Waals surface area contributed by atoms with Crippen LogP contribution in [0.3, 0.4) is 0 Å². The number of fused-ring (bicyclic) bond motifs is 9. The smallest absolute Gasteiger partial charge is 0.187 e. The lowest BCUT2D eigenvalue weighted by molar-refractivity contribution is -0.161. The van der Waals surface area contributed by atoms with Crippen molar-refractivity contribution in [3.05, 3.63) is 59.3 Å². The molecule has 36 heavy (non-hydrogen) atoms. The molecule has 0 saturated heterocycles. The molecule has 2 saturated carbocycles. The molecule has 192 valence electrons. The Balaban J connectivity index is 1.44. The summed E-state index contributed by atoms with van der Waals surface area (Å²) < 4.78 is 6.29. The number of carbonyl (C=O) groups is 1. The molecule has 4 heteroatoms. The number of carbonyl (C=O) groups excluding carboxylic acids is 1. The molecule has 2 aromatic rings. The lowest BCUT2D eigenvalue weighted by atomic mass is 9.44. The number of aromatic amines is 1. The number of hydrogen-bond donors (Lipinski definition) is 2. The number of aromatic nitrogens is 1. The van der Waals surface area contributed by atoms with Gasteiger partial charge < -0.3 is 14.8 Å². The predicted octanol–water partition coefficient (Wildman–Crippen LogP) is 6.31. The van der Waals surface area contributed by atoms with Crippen molar-refractivity contribution in [2.24, 2.45) is 17.3 Å². The van der Waals surface area contributed by atoms with Gasteiger partial charge in [0.05, 0.1) is 11.7 Å². The Bertz CT molecular complexity index is 1310. The van der Waals surface area contributed by atoms with Gasteiger partial charge in [0.15, 0.2) is 5.78 Å². The van der Waals surface area contributed by atoms with Crippen molar-refractivity contribution in [2.45, 2.75) is 102 Å². The van der Waals surface area contributed by atoms with Gasteiger partial charge in [-0.15, -0.1) is 6.58 Å². The van der Waals surface area contributed by atoms with Crippen molar-refractivity contribution in [1.82, 2.24) is 4.98 Å². The number of hydrogen-bond acceptors (Lipinski definition) is 3. The van der Waals surface area contributed by atoms with Gasteiger partial charge in [-0.3, -0.25) is 4.79 Å². The van der Waals surface area contributed by atoms with E-state index in [1.165, 1.54) is 33.3 Å². The first-order chi connectivity index (χ1) is 16.8. The van der Waals surface area contributed by atoms with Crippen LogP contribution in [0.15, 0.2) is 42.5 Å². The molecule has 6 rings (SSSR count). The average Bonchev–Trinajstić information content (AvgIpc) is 3.32. The maximum absolute atomic E-state index is 13.1. The molecule has 0 unspecified atom stereocenters. The Morgan fingerprint density at radius 3 is 2.61 bits per heavy atom. The zero-order valence-electron chi connectivity index (χ0n) is 22.7. The fraction of sp³-hybridized carbons (Fsp3) is 0.594. The maximum atomic E-state index is 13.1. The first-order valence-corrected chi connectivity index (χ1v) is 13.7. The monoisotopic (exact) mass is 487 g/mol. The van der Waals surface area contributed by atoms with Crippen molar-refractivity contribution < 1.29 is 14.6 Å². The van der Waals surface area contributed by atoms with E-state index < -0.39 is 11.7 Å². The van der Waals surface area contributed by atoms with Gasteiger partial charge in [-0.2, -0.15) is 0 Å². The number of rotatable bonds is 3. The van der Waals surface area contributed by atoms with Crippen molar-refractivity contribution in [1.29, 1.82) is 0 Å². The summed E-state index contributed by atoms with van der Waals surface area (Å²) in [5, 5.41) is 11.9. The van der Waals surface area contributed by atoms with E-state index in [9.17, 15) is 9.90 Å². The fourth-order valence-electron chi connectivity index (χ4n) is 8.38. The summed E-state index contributed by atoms with van der Waals surface area (Å²) >= 11 is 0. The normalized spacial score (nSPS) is 36.1. The first-order valence-electron chi connectivity index (χ1n) is 13.7. The van der Waals surface area contributed by atoms with Crippen LogP contribution in [-0.4, -0.2) is 33.7 Å². The minimum Gasteiger partial charge on any atom is -0.387 e. The van der Waals surface area contributed by atoms with Gasteiger partial charge in [-0.05, 0) is 98.1 Å². The lowest BCUT2D eigenvalue weighted by Crippen LogP contribution is -2.59. The van der Waals surface area contributed by atoms with Crippen LogP contribution in [0.25, 0.3) is 10.9 Å². The van der Waals surface area contributed by atoms with Gasteiger partial charge in [-0.25, -0.2) is 0 Å². The van der Waals surface area contributed by atoms with Crippen LogP contribution in [-0.2, 0) is 26.8 Å². The number of H-pyrrole nitrogens is 1. The standard InChI is InChI=1S/C32H41NO3/c1-8-29(2,3)18-10-12-24-20(15-18)21-16-19-9-11-23-22-17-25(34)28(30(4,5)35)36-26(22)13-14-31(23,6)32(19,7)27(21)33-24/h8,10,12,15,17,19,23,26,28,33,35H,1,9,11,13-14,16H2,2-7H3/t19-,23-,26-,28-,31-,32+/m0/s1.